The lowest BCUT2D eigenvalue weighted by atomic mass is 9.93. The van der Waals surface area contributed by atoms with Crippen LogP contribution in [0.3, 0.4) is 0 Å². The van der Waals surface area contributed by atoms with Gasteiger partial charge in [-0.2, -0.15) is 4.98 Å². The van der Waals surface area contributed by atoms with E-state index >= 15 is 0 Å². The fourth-order valence-corrected chi connectivity index (χ4v) is 4.79. The molecule has 0 saturated carbocycles. The molecule has 2 heterocycles. The molecule has 5 nitrogen and oxygen atoms in total. The highest BCUT2D eigenvalue weighted by Crippen LogP contribution is 2.37. The van der Waals surface area contributed by atoms with Gasteiger partial charge in [-0.3, -0.25) is 0 Å². The van der Waals surface area contributed by atoms with Gasteiger partial charge in [0.25, 0.3) is 5.89 Å². The van der Waals surface area contributed by atoms with Crippen molar-refractivity contribution in [2.24, 2.45) is 0 Å². The summed E-state index contributed by atoms with van der Waals surface area (Å²) in [5.74, 6) is 1.08. The first-order valence-electron chi connectivity index (χ1n) is 11.9. The van der Waals surface area contributed by atoms with Crippen LogP contribution >= 0.6 is 12.2 Å². The van der Waals surface area contributed by atoms with E-state index in [1.54, 1.807) is 0 Å². The van der Waals surface area contributed by atoms with Gasteiger partial charge in [-0.1, -0.05) is 97.0 Å². The van der Waals surface area contributed by atoms with E-state index in [0.717, 1.165) is 41.8 Å². The fraction of sp³-hybridized carbons (Fsp3) is 0.207. The molecule has 1 aromatic heterocycles. The summed E-state index contributed by atoms with van der Waals surface area (Å²) in [6.45, 7) is 5.01. The summed E-state index contributed by atoms with van der Waals surface area (Å²) < 4.78 is 5.84. The van der Waals surface area contributed by atoms with E-state index in [-0.39, 0.29) is 6.04 Å². The van der Waals surface area contributed by atoms with Crippen molar-refractivity contribution in [2.45, 2.75) is 32.7 Å². The summed E-state index contributed by atoms with van der Waals surface area (Å²) >= 11 is 5.84. The van der Waals surface area contributed by atoms with Crippen molar-refractivity contribution in [3.8, 4) is 11.4 Å². The summed E-state index contributed by atoms with van der Waals surface area (Å²) in [5.41, 5.74) is 6.57. The third kappa shape index (κ3) is 4.88. The zero-order valence-electron chi connectivity index (χ0n) is 19.9. The number of nitrogens with zero attached hydrogens (tertiary/aromatic N) is 3. The fourth-order valence-electron chi connectivity index (χ4n) is 4.45. The van der Waals surface area contributed by atoms with Crippen LogP contribution < -0.4 is 5.32 Å². The summed E-state index contributed by atoms with van der Waals surface area (Å²) in [7, 11) is 0. The van der Waals surface area contributed by atoms with E-state index in [1.165, 1.54) is 11.1 Å². The molecule has 1 unspecified atom stereocenters. The van der Waals surface area contributed by atoms with Gasteiger partial charge in [0.15, 0.2) is 5.11 Å². The number of aryl methyl sites for hydroxylation is 1. The van der Waals surface area contributed by atoms with Crippen molar-refractivity contribution in [1.82, 2.24) is 20.4 Å². The van der Waals surface area contributed by atoms with Gasteiger partial charge in [-0.05, 0) is 48.7 Å². The third-order valence-electron chi connectivity index (χ3n) is 6.47. The van der Waals surface area contributed by atoms with Gasteiger partial charge in [-0.25, -0.2) is 0 Å². The van der Waals surface area contributed by atoms with Gasteiger partial charge < -0.3 is 14.7 Å². The van der Waals surface area contributed by atoms with Crippen LogP contribution in [0, 0.1) is 0 Å². The van der Waals surface area contributed by atoms with Crippen LogP contribution in [0.5, 0.6) is 0 Å². The lowest BCUT2D eigenvalue weighted by molar-refractivity contribution is 0.397. The number of allylic oxidation sites excluding steroid dienone is 1. The molecule has 1 aliphatic rings. The highest BCUT2D eigenvalue weighted by Gasteiger charge is 2.34. The van der Waals surface area contributed by atoms with Crippen LogP contribution in [0.4, 0.5) is 0 Å². The van der Waals surface area contributed by atoms with E-state index < -0.39 is 0 Å². The predicted molar refractivity (Wildman–Crippen MR) is 143 cm³/mol. The van der Waals surface area contributed by atoms with Crippen molar-refractivity contribution >= 4 is 22.9 Å². The second kappa shape index (κ2) is 10.2. The zero-order chi connectivity index (χ0) is 24.2. The first-order chi connectivity index (χ1) is 17.1. The molecule has 176 valence electrons. The number of hydrogen-bond donors (Lipinski definition) is 1. The summed E-state index contributed by atoms with van der Waals surface area (Å²) in [4.78, 5) is 6.94. The molecule has 0 bridgehead atoms. The van der Waals surface area contributed by atoms with Gasteiger partial charge in [0.05, 0.1) is 11.6 Å². The number of thiocarbonyl (C=S) groups is 1. The average Bonchev–Trinajstić information content (AvgIpc) is 3.39. The maximum Gasteiger partial charge on any atom is 0.258 e. The first kappa shape index (κ1) is 23.0. The largest absolute Gasteiger partial charge is 0.351 e. The molecule has 0 saturated heterocycles. The standard InChI is InChI=1S/C29H28N4OS/c1-3-21-14-16-23(17-15-21)26-25(28-31-27(32-34-28)24-12-8-5-9-13-24)20(2)33(29(35)30-26)19-18-22-10-6-4-7-11-22/h4-17,26H,3,18-19H2,1-2H3,(H,30,35). The Morgan fingerprint density at radius 3 is 2.29 bits per heavy atom. The number of aromatic nitrogens is 2. The topological polar surface area (TPSA) is 54.2 Å². The zero-order valence-corrected chi connectivity index (χ0v) is 20.8. The number of nitrogens with one attached hydrogen (secondary N) is 1. The summed E-state index contributed by atoms with van der Waals surface area (Å²) in [6.07, 6.45) is 1.87. The number of hydrogen-bond acceptors (Lipinski definition) is 4. The Hall–Kier alpha value is -3.77. The highest BCUT2D eigenvalue weighted by atomic mass is 32.1. The SMILES string of the molecule is CCc1ccc(C2NC(=S)N(CCc3ccccc3)C(C)=C2c2nc(-c3ccccc3)no2)cc1. The minimum atomic E-state index is -0.176. The minimum Gasteiger partial charge on any atom is -0.351 e. The second-order valence-electron chi connectivity index (χ2n) is 8.65. The maximum absolute atomic E-state index is 5.84. The van der Waals surface area contributed by atoms with Crippen LogP contribution in [0.2, 0.25) is 0 Å². The second-order valence-corrected chi connectivity index (χ2v) is 9.04. The summed E-state index contributed by atoms with van der Waals surface area (Å²) in [5, 5.41) is 8.55. The molecule has 4 aromatic rings. The van der Waals surface area contributed by atoms with Crippen LogP contribution in [0.1, 0.15) is 42.5 Å². The van der Waals surface area contributed by atoms with Gasteiger partial charge in [0, 0.05) is 17.8 Å². The van der Waals surface area contributed by atoms with Crippen LogP contribution in [-0.2, 0) is 12.8 Å². The first-order valence-corrected chi connectivity index (χ1v) is 12.4. The summed E-state index contributed by atoms with van der Waals surface area (Å²) in [6, 6.07) is 28.8. The number of rotatable bonds is 7. The van der Waals surface area contributed by atoms with Crippen LogP contribution in [0.25, 0.3) is 17.0 Å². The van der Waals surface area contributed by atoms with Crippen molar-refractivity contribution < 1.29 is 4.52 Å². The van der Waals surface area contributed by atoms with E-state index in [2.05, 4.69) is 77.8 Å². The maximum atomic E-state index is 5.84. The Morgan fingerprint density at radius 2 is 1.60 bits per heavy atom. The molecule has 0 amide bonds. The highest BCUT2D eigenvalue weighted by molar-refractivity contribution is 7.80. The van der Waals surface area contributed by atoms with Gasteiger partial charge in [-0.15, -0.1) is 0 Å². The normalized spacial score (nSPS) is 15.9. The van der Waals surface area contributed by atoms with Crippen LogP contribution in [-0.4, -0.2) is 26.7 Å². The molecule has 1 aliphatic heterocycles. The lowest BCUT2D eigenvalue weighted by Gasteiger charge is -2.37. The smallest absolute Gasteiger partial charge is 0.258 e. The Morgan fingerprint density at radius 1 is 0.914 bits per heavy atom. The Kier molecular flexibility index (Phi) is 6.73. The number of benzene rings is 3. The minimum absolute atomic E-state index is 0.176. The van der Waals surface area contributed by atoms with Crippen molar-refractivity contribution in [3.05, 3.63) is 113 Å². The van der Waals surface area contributed by atoms with Crippen molar-refractivity contribution in [1.29, 1.82) is 0 Å². The average molecular weight is 481 g/mol. The quantitative estimate of drug-likeness (QED) is 0.318. The molecule has 1 atom stereocenters. The molecular weight excluding hydrogens is 452 g/mol. The van der Waals surface area contributed by atoms with Crippen molar-refractivity contribution in [2.75, 3.05) is 6.54 Å². The molecule has 0 aliphatic carbocycles. The van der Waals surface area contributed by atoms with Crippen molar-refractivity contribution in [3.63, 3.8) is 0 Å². The van der Waals surface area contributed by atoms with E-state index in [0.29, 0.717) is 16.8 Å². The Bertz CT molecular complexity index is 1330. The molecule has 35 heavy (non-hydrogen) atoms. The monoisotopic (exact) mass is 480 g/mol. The molecule has 5 rings (SSSR count). The molecule has 6 heteroatoms. The van der Waals surface area contributed by atoms with Gasteiger partial charge >= 0.3 is 0 Å². The molecule has 0 fully saturated rings. The third-order valence-corrected chi connectivity index (χ3v) is 6.81. The molecule has 0 radical (unpaired) electrons. The molecule has 3 aromatic carbocycles. The van der Waals surface area contributed by atoms with E-state index in [4.69, 9.17) is 21.7 Å². The Balaban J connectivity index is 1.54. The van der Waals surface area contributed by atoms with E-state index in [9.17, 15) is 0 Å². The van der Waals surface area contributed by atoms with Crippen LogP contribution in [0.15, 0.2) is 95.1 Å². The van der Waals surface area contributed by atoms with Gasteiger partial charge in [0.1, 0.15) is 0 Å². The molecule has 0 spiro atoms. The lowest BCUT2D eigenvalue weighted by Crippen LogP contribution is -2.46. The predicted octanol–water partition coefficient (Wildman–Crippen LogP) is 6.20. The Labute approximate surface area is 211 Å². The molecular formula is C29H28N4OS. The van der Waals surface area contributed by atoms with E-state index in [1.807, 2.05) is 36.4 Å². The molecule has 1 N–H and O–H groups in total. The van der Waals surface area contributed by atoms with Gasteiger partial charge in [0.2, 0.25) is 5.82 Å².